The maximum absolute atomic E-state index is 12.5. The Hall–Kier alpha value is -1.43. The molecule has 1 saturated heterocycles. The largest absolute Gasteiger partial charge is 0.348 e. The number of thiazole rings is 1. The first-order valence-corrected chi connectivity index (χ1v) is 10.2. The number of unbranched alkanes of at least 4 members (excludes halogenated alkanes) is 1. The van der Waals surface area contributed by atoms with Gasteiger partial charge in [0.15, 0.2) is 0 Å². The second kappa shape index (κ2) is 8.79. The van der Waals surface area contributed by atoms with E-state index in [-0.39, 0.29) is 11.9 Å². The third-order valence-corrected chi connectivity index (χ3v) is 5.72. The Kier molecular flexibility index (Phi) is 6.45. The molecule has 0 bridgehead atoms. The zero-order chi connectivity index (χ0) is 17.6. The number of benzene rings is 1. The summed E-state index contributed by atoms with van der Waals surface area (Å²) in [4.78, 5) is 19.4. The van der Waals surface area contributed by atoms with Crippen LogP contribution in [-0.4, -0.2) is 41.5 Å². The molecule has 3 rings (SSSR count). The number of aromatic nitrogens is 1. The molecule has 1 aromatic carbocycles. The van der Waals surface area contributed by atoms with Crippen LogP contribution >= 0.6 is 22.9 Å². The molecular formula is C19H24ClN3OS. The third-order valence-electron chi connectivity index (χ3n) is 4.58. The van der Waals surface area contributed by atoms with E-state index < -0.39 is 0 Å². The number of carbonyl (C=O) groups is 1. The number of hydrogen-bond donors (Lipinski definition) is 1. The molecule has 1 aliphatic rings. The smallest absolute Gasteiger partial charge is 0.270 e. The first-order chi connectivity index (χ1) is 12.2. The molecule has 25 heavy (non-hydrogen) atoms. The van der Waals surface area contributed by atoms with Crippen LogP contribution in [0.1, 0.15) is 43.1 Å². The molecule has 0 radical (unpaired) electrons. The first kappa shape index (κ1) is 18.4. The number of nitrogens with zero attached hydrogens (tertiary/aromatic N) is 2. The predicted octanol–water partition coefficient (Wildman–Crippen LogP) is 4.46. The molecule has 2 heterocycles. The number of piperidine rings is 1. The van der Waals surface area contributed by atoms with Crippen LogP contribution < -0.4 is 5.32 Å². The van der Waals surface area contributed by atoms with Crippen LogP contribution in [0.3, 0.4) is 0 Å². The van der Waals surface area contributed by atoms with Crippen LogP contribution in [0.15, 0.2) is 29.6 Å². The number of nitrogens with one attached hydrogen (secondary N) is 1. The predicted molar refractivity (Wildman–Crippen MR) is 104 cm³/mol. The lowest BCUT2D eigenvalue weighted by atomic mass is 10.0. The van der Waals surface area contributed by atoms with Gasteiger partial charge >= 0.3 is 0 Å². The molecular weight excluding hydrogens is 354 g/mol. The number of carbonyl (C=O) groups excluding carboxylic acids is 1. The summed E-state index contributed by atoms with van der Waals surface area (Å²) >= 11 is 7.40. The van der Waals surface area contributed by atoms with Crippen LogP contribution in [0, 0.1) is 0 Å². The van der Waals surface area contributed by atoms with E-state index in [2.05, 4.69) is 22.1 Å². The summed E-state index contributed by atoms with van der Waals surface area (Å²) in [5, 5.41) is 6.51. The van der Waals surface area contributed by atoms with Crippen molar-refractivity contribution in [1.82, 2.24) is 15.2 Å². The van der Waals surface area contributed by atoms with E-state index in [1.165, 1.54) is 30.7 Å². The fourth-order valence-corrected chi connectivity index (χ4v) is 3.98. The van der Waals surface area contributed by atoms with Gasteiger partial charge in [0.05, 0.1) is 0 Å². The molecule has 0 atom stereocenters. The standard InChI is InChI=1S/C19H24ClN3OS/c1-2-3-10-23-11-8-16(9-12-23)21-18(24)17-13-25-19(22-17)14-4-6-15(20)7-5-14/h4-7,13,16H,2-3,8-12H2,1H3,(H,21,24). The fourth-order valence-electron chi connectivity index (χ4n) is 3.05. The Morgan fingerprint density at radius 2 is 2.04 bits per heavy atom. The molecule has 1 fully saturated rings. The van der Waals surface area contributed by atoms with Crippen LogP contribution in [0.5, 0.6) is 0 Å². The Bertz CT molecular complexity index is 693. The lowest BCUT2D eigenvalue weighted by molar-refractivity contribution is 0.0906. The molecule has 6 heteroatoms. The van der Waals surface area contributed by atoms with Crippen molar-refractivity contribution in [2.24, 2.45) is 0 Å². The van der Waals surface area contributed by atoms with Gasteiger partial charge in [-0.15, -0.1) is 11.3 Å². The van der Waals surface area contributed by atoms with Gasteiger partial charge in [-0.25, -0.2) is 4.98 Å². The minimum Gasteiger partial charge on any atom is -0.348 e. The summed E-state index contributed by atoms with van der Waals surface area (Å²) in [6, 6.07) is 7.78. The Balaban J connectivity index is 1.53. The van der Waals surface area contributed by atoms with E-state index in [1.807, 2.05) is 29.6 Å². The molecule has 0 spiro atoms. The monoisotopic (exact) mass is 377 g/mol. The van der Waals surface area contributed by atoms with Crippen LogP contribution in [-0.2, 0) is 0 Å². The molecule has 1 aliphatic heterocycles. The SMILES string of the molecule is CCCCN1CCC(NC(=O)c2csc(-c3ccc(Cl)cc3)n2)CC1. The second-order valence-corrected chi connectivity index (χ2v) is 7.78. The van der Waals surface area contributed by atoms with E-state index in [0.717, 1.165) is 36.5 Å². The third kappa shape index (κ3) is 5.03. The topological polar surface area (TPSA) is 45.2 Å². The molecule has 1 aromatic heterocycles. The normalized spacial score (nSPS) is 16.1. The highest BCUT2D eigenvalue weighted by Crippen LogP contribution is 2.25. The molecule has 0 saturated carbocycles. The quantitative estimate of drug-likeness (QED) is 0.808. The van der Waals surface area contributed by atoms with E-state index in [1.54, 1.807) is 0 Å². The minimum atomic E-state index is -0.0662. The summed E-state index contributed by atoms with van der Waals surface area (Å²) in [5.41, 5.74) is 1.49. The van der Waals surface area contributed by atoms with Gasteiger partial charge < -0.3 is 10.2 Å². The summed E-state index contributed by atoms with van der Waals surface area (Å²) in [5.74, 6) is -0.0662. The van der Waals surface area contributed by atoms with Crippen molar-refractivity contribution >= 4 is 28.8 Å². The van der Waals surface area contributed by atoms with Gasteiger partial charge in [0.25, 0.3) is 5.91 Å². The average Bonchev–Trinajstić information content (AvgIpc) is 3.12. The molecule has 134 valence electrons. The van der Waals surface area contributed by atoms with Crippen molar-refractivity contribution < 1.29 is 4.79 Å². The van der Waals surface area contributed by atoms with Gasteiger partial charge in [-0.05, 0) is 37.9 Å². The first-order valence-electron chi connectivity index (χ1n) is 8.90. The summed E-state index contributed by atoms with van der Waals surface area (Å²) < 4.78 is 0. The number of halogens is 1. The van der Waals surface area contributed by atoms with Gasteiger partial charge in [0.1, 0.15) is 10.7 Å². The number of amides is 1. The molecule has 0 aliphatic carbocycles. The van der Waals surface area contributed by atoms with Gasteiger partial charge in [-0.3, -0.25) is 4.79 Å². The number of hydrogen-bond acceptors (Lipinski definition) is 4. The van der Waals surface area contributed by atoms with Gasteiger partial charge in [0.2, 0.25) is 0 Å². The van der Waals surface area contributed by atoms with E-state index in [0.29, 0.717) is 10.7 Å². The molecule has 0 unspecified atom stereocenters. The summed E-state index contributed by atoms with van der Waals surface area (Å²) in [6.45, 7) is 5.53. The lowest BCUT2D eigenvalue weighted by Crippen LogP contribution is -2.44. The Morgan fingerprint density at radius 1 is 1.32 bits per heavy atom. The highest BCUT2D eigenvalue weighted by molar-refractivity contribution is 7.13. The van der Waals surface area contributed by atoms with Gasteiger partial charge in [-0.1, -0.05) is 37.1 Å². The average molecular weight is 378 g/mol. The van der Waals surface area contributed by atoms with E-state index in [4.69, 9.17) is 11.6 Å². The molecule has 2 aromatic rings. The summed E-state index contributed by atoms with van der Waals surface area (Å²) in [7, 11) is 0. The van der Waals surface area contributed by atoms with Crippen molar-refractivity contribution in [2.75, 3.05) is 19.6 Å². The zero-order valence-electron chi connectivity index (χ0n) is 14.5. The van der Waals surface area contributed by atoms with Crippen molar-refractivity contribution in [2.45, 2.75) is 38.6 Å². The van der Waals surface area contributed by atoms with Crippen molar-refractivity contribution in [3.8, 4) is 10.6 Å². The van der Waals surface area contributed by atoms with Gasteiger partial charge in [-0.2, -0.15) is 0 Å². The zero-order valence-corrected chi connectivity index (χ0v) is 16.1. The van der Waals surface area contributed by atoms with E-state index in [9.17, 15) is 4.79 Å². The van der Waals surface area contributed by atoms with Crippen LogP contribution in [0.4, 0.5) is 0 Å². The molecule has 4 nitrogen and oxygen atoms in total. The van der Waals surface area contributed by atoms with Crippen molar-refractivity contribution in [3.05, 3.63) is 40.4 Å². The number of rotatable bonds is 6. The fraction of sp³-hybridized carbons (Fsp3) is 0.474. The highest BCUT2D eigenvalue weighted by Gasteiger charge is 2.21. The van der Waals surface area contributed by atoms with Crippen molar-refractivity contribution in [1.29, 1.82) is 0 Å². The molecule has 1 amide bonds. The highest BCUT2D eigenvalue weighted by atomic mass is 35.5. The van der Waals surface area contributed by atoms with E-state index >= 15 is 0 Å². The lowest BCUT2D eigenvalue weighted by Gasteiger charge is -2.32. The van der Waals surface area contributed by atoms with Crippen LogP contribution in [0.25, 0.3) is 10.6 Å². The summed E-state index contributed by atoms with van der Waals surface area (Å²) in [6.07, 6.45) is 4.52. The Morgan fingerprint density at radius 3 is 2.72 bits per heavy atom. The van der Waals surface area contributed by atoms with Gasteiger partial charge in [0, 0.05) is 35.1 Å². The maximum Gasteiger partial charge on any atom is 0.270 e. The maximum atomic E-state index is 12.5. The minimum absolute atomic E-state index is 0.0662. The van der Waals surface area contributed by atoms with Crippen molar-refractivity contribution in [3.63, 3.8) is 0 Å². The second-order valence-electron chi connectivity index (χ2n) is 6.49. The molecule has 1 N–H and O–H groups in total. The Labute approximate surface area is 158 Å². The van der Waals surface area contributed by atoms with Crippen LogP contribution in [0.2, 0.25) is 5.02 Å². The number of likely N-dealkylation sites (tertiary alicyclic amines) is 1.